The molecule has 0 heterocycles. The second-order valence-corrected chi connectivity index (χ2v) is 7.80. The highest BCUT2D eigenvalue weighted by atomic mass is 79.9. The lowest BCUT2D eigenvalue weighted by Crippen LogP contribution is -2.46. The van der Waals surface area contributed by atoms with Crippen LogP contribution >= 0.6 is 27.5 Å². The third-order valence-electron chi connectivity index (χ3n) is 3.67. The molecule has 0 aromatic heterocycles. The summed E-state index contributed by atoms with van der Waals surface area (Å²) in [5, 5.41) is 7.30. The lowest BCUT2D eigenvalue weighted by atomic mass is 10.0. The van der Waals surface area contributed by atoms with Crippen molar-refractivity contribution in [3.63, 3.8) is 0 Å². The second kappa shape index (κ2) is 10.2. The van der Waals surface area contributed by atoms with Crippen molar-refractivity contribution in [1.29, 1.82) is 0 Å². The van der Waals surface area contributed by atoms with Crippen LogP contribution in [0, 0.1) is 5.92 Å². The Balaban J connectivity index is 2.02. The van der Waals surface area contributed by atoms with Gasteiger partial charge in [0.05, 0.1) is 6.21 Å². The smallest absolute Gasteiger partial charge is 0.262 e. The number of halogens is 2. The molecular formula is C20H21BrClN3O2. The summed E-state index contributed by atoms with van der Waals surface area (Å²) in [7, 11) is 0. The molecule has 2 aromatic rings. The van der Waals surface area contributed by atoms with Gasteiger partial charge in [0.25, 0.3) is 11.8 Å². The summed E-state index contributed by atoms with van der Waals surface area (Å²) in [6.45, 7) is 3.97. The predicted molar refractivity (Wildman–Crippen MR) is 112 cm³/mol. The Labute approximate surface area is 172 Å². The van der Waals surface area contributed by atoms with Gasteiger partial charge in [-0.1, -0.05) is 53.5 Å². The van der Waals surface area contributed by atoms with Gasteiger partial charge in [0.15, 0.2) is 0 Å². The van der Waals surface area contributed by atoms with E-state index in [2.05, 4.69) is 31.8 Å². The number of carbonyl (C=O) groups is 2. The Morgan fingerprint density at radius 3 is 2.52 bits per heavy atom. The van der Waals surface area contributed by atoms with E-state index in [0.717, 1.165) is 10.0 Å². The number of hydrogen-bond acceptors (Lipinski definition) is 3. The van der Waals surface area contributed by atoms with Gasteiger partial charge in [-0.2, -0.15) is 5.10 Å². The second-order valence-electron chi connectivity index (χ2n) is 6.45. The van der Waals surface area contributed by atoms with Crippen LogP contribution in [0.25, 0.3) is 0 Å². The van der Waals surface area contributed by atoms with Crippen LogP contribution in [0.15, 0.2) is 58.1 Å². The van der Waals surface area contributed by atoms with Crippen LogP contribution in [0.5, 0.6) is 0 Å². The van der Waals surface area contributed by atoms with E-state index in [9.17, 15) is 9.59 Å². The zero-order valence-corrected chi connectivity index (χ0v) is 17.4. The molecule has 0 aliphatic heterocycles. The Morgan fingerprint density at radius 1 is 1.19 bits per heavy atom. The third-order valence-corrected chi connectivity index (χ3v) is 4.42. The van der Waals surface area contributed by atoms with E-state index in [1.165, 1.54) is 0 Å². The number of benzene rings is 2. The Kier molecular flexibility index (Phi) is 8.00. The Hall–Kier alpha value is -2.18. The van der Waals surface area contributed by atoms with Gasteiger partial charge in [0.2, 0.25) is 0 Å². The van der Waals surface area contributed by atoms with Gasteiger partial charge in [-0.3, -0.25) is 9.59 Å². The van der Waals surface area contributed by atoms with Gasteiger partial charge in [-0.25, -0.2) is 5.43 Å². The van der Waals surface area contributed by atoms with Gasteiger partial charge < -0.3 is 5.32 Å². The monoisotopic (exact) mass is 449 g/mol. The van der Waals surface area contributed by atoms with Crippen molar-refractivity contribution in [3.05, 3.63) is 69.2 Å². The van der Waals surface area contributed by atoms with E-state index in [1.807, 2.05) is 38.1 Å². The van der Waals surface area contributed by atoms with E-state index in [-0.39, 0.29) is 17.7 Å². The third kappa shape index (κ3) is 7.15. The maximum Gasteiger partial charge on any atom is 0.262 e. The molecule has 0 aliphatic carbocycles. The van der Waals surface area contributed by atoms with E-state index in [0.29, 0.717) is 17.0 Å². The van der Waals surface area contributed by atoms with Gasteiger partial charge in [-0.05, 0) is 54.3 Å². The summed E-state index contributed by atoms with van der Waals surface area (Å²) in [4.78, 5) is 24.9. The van der Waals surface area contributed by atoms with Crippen LogP contribution in [0.1, 0.15) is 36.2 Å². The van der Waals surface area contributed by atoms with Crippen LogP contribution in [-0.2, 0) is 4.79 Å². The van der Waals surface area contributed by atoms with Crippen molar-refractivity contribution in [3.8, 4) is 0 Å². The van der Waals surface area contributed by atoms with Gasteiger partial charge >= 0.3 is 0 Å². The molecule has 1 atom stereocenters. The highest BCUT2D eigenvalue weighted by Crippen LogP contribution is 2.12. The lowest BCUT2D eigenvalue weighted by Gasteiger charge is -2.19. The lowest BCUT2D eigenvalue weighted by molar-refractivity contribution is -0.123. The van der Waals surface area contributed by atoms with Crippen LogP contribution < -0.4 is 10.7 Å². The zero-order valence-electron chi connectivity index (χ0n) is 15.1. The number of rotatable bonds is 7. The molecule has 0 fully saturated rings. The topological polar surface area (TPSA) is 70.6 Å². The zero-order chi connectivity index (χ0) is 19.8. The molecule has 0 bridgehead atoms. The summed E-state index contributed by atoms with van der Waals surface area (Å²) < 4.78 is 0.922. The predicted octanol–water partition coefficient (Wildman–Crippen LogP) is 4.40. The minimum atomic E-state index is -0.687. The molecule has 2 N–H and O–H groups in total. The molecular weight excluding hydrogens is 430 g/mol. The number of amides is 2. The molecule has 0 aliphatic rings. The Bertz CT molecular complexity index is 822. The molecule has 2 aromatic carbocycles. The van der Waals surface area contributed by atoms with Gasteiger partial charge in [-0.15, -0.1) is 0 Å². The molecule has 0 saturated carbocycles. The summed E-state index contributed by atoms with van der Waals surface area (Å²) in [5.74, 6) is -0.471. The summed E-state index contributed by atoms with van der Waals surface area (Å²) in [6, 6.07) is 13.3. The van der Waals surface area contributed by atoms with E-state index >= 15 is 0 Å². The van der Waals surface area contributed by atoms with Crippen molar-refractivity contribution in [2.75, 3.05) is 0 Å². The molecule has 2 rings (SSSR count). The quantitative estimate of drug-likeness (QED) is 0.485. The maximum atomic E-state index is 12.5. The molecule has 1 unspecified atom stereocenters. The fourth-order valence-electron chi connectivity index (χ4n) is 2.38. The van der Waals surface area contributed by atoms with Crippen LogP contribution in [0.4, 0.5) is 0 Å². The molecule has 0 saturated heterocycles. The highest BCUT2D eigenvalue weighted by Gasteiger charge is 2.22. The number of nitrogens with one attached hydrogen (secondary N) is 2. The standard InChI is InChI=1S/C20H21BrClN3O2/c1-13(2)10-18(24-19(26)15-6-8-17(22)9-7-15)20(27)25-23-12-14-4-3-5-16(21)11-14/h3-9,11-13,18H,10H2,1-2H3,(H,24,26)(H,25,27)/b23-12+. The largest absolute Gasteiger partial charge is 0.340 e. The molecule has 142 valence electrons. The van der Waals surface area contributed by atoms with Gasteiger partial charge in [0, 0.05) is 15.1 Å². The minimum Gasteiger partial charge on any atom is -0.340 e. The van der Waals surface area contributed by atoms with Crippen molar-refractivity contribution in [1.82, 2.24) is 10.7 Å². The van der Waals surface area contributed by atoms with E-state index < -0.39 is 6.04 Å². The SMILES string of the molecule is CC(C)CC(NC(=O)c1ccc(Cl)cc1)C(=O)N/N=C/c1cccc(Br)c1. The number of hydrogen-bond donors (Lipinski definition) is 2. The first kappa shape index (κ1) is 21.1. The van der Waals surface area contributed by atoms with Crippen LogP contribution in [-0.4, -0.2) is 24.1 Å². The first-order valence-corrected chi connectivity index (χ1v) is 9.67. The average Bonchev–Trinajstić information content (AvgIpc) is 2.61. The van der Waals surface area contributed by atoms with Crippen molar-refractivity contribution in [2.45, 2.75) is 26.3 Å². The normalized spacial score (nSPS) is 12.2. The first-order chi connectivity index (χ1) is 12.8. The average molecular weight is 451 g/mol. The number of nitrogens with zero attached hydrogens (tertiary/aromatic N) is 1. The molecule has 0 spiro atoms. The van der Waals surface area contributed by atoms with Gasteiger partial charge in [0.1, 0.15) is 6.04 Å². The molecule has 27 heavy (non-hydrogen) atoms. The first-order valence-electron chi connectivity index (χ1n) is 8.50. The summed E-state index contributed by atoms with van der Waals surface area (Å²) in [6.07, 6.45) is 2.05. The van der Waals surface area contributed by atoms with Crippen molar-refractivity contribution < 1.29 is 9.59 Å². The highest BCUT2D eigenvalue weighted by molar-refractivity contribution is 9.10. The van der Waals surface area contributed by atoms with Crippen LogP contribution in [0.2, 0.25) is 5.02 Å². The molecule has 2 amide bonds. The molecule has 0 radical (unpaired) electrons. The molecule has 7 heteroatoms. The van der Waals surface area contributed by atoms with Crippen molar-refractivity contribution >= 4 is 45.6 Å². The van der Waals surface area contributed by atoms with Crippen LogP contribution in [0.3, 0.4) is 0 Å². The van der Waals surface area contributed by atoms with E-state index in [4.69, 9.17) is 11.6 Å². The fraction of sp³-hybridized carbons (Fsp3) is 0.250. The fourth-order valence-corrected chi connectivity index (χ4v) is 2.92. The molecule has 5 nitrogen and oxygen atoms in total. The number of hydrazone groups is 1. The number of carbonyl (C=O) groups excluding carboxylic acids is 2. The Morgan fingerprint density at radius 2 is 1.89 bits per heavy atom. The minimum absolute atomic E-state index is 0.223. The van der Waals surface area contributed by atoms with Crippen molar-refractivity contribution in [2.24, 2.45) is 11.0 Å². The van der Waals surface area contributed by atoms with E-state index in [1.54, 1.807) is 30.5 Å². The maximum absolute atomic E-state index is 12.5. The summed E-state index contributed by atoms with van der Waals surface area (Å²) in [5.41, 5.74) is 3.79. The summed E-state index contributed by atoms with van der Waals surface area (Å²) >= 11 is 9.23.